The van der Waals surface area contributed by atoms with E-state index in [4.69, 9.17) is 10.5 Å². The van der Waals surface area contributed by atoms with Gasteiger partial charge in [0.05, 0.1) is 5.69 Å². The van der Waals surface area contributed by atoms with Crippen molar-refractivity contribution in [2.45, 2.75) is 6.92 Å². The molecule has 0 atom stereocenters. The van der Waals surface area contributed by atoms with Crippen molar-refractivity contribution in [3.63, 3.8) is 0 Å². The van der Waals surface area contributed by atoms with Crippen LogP contribution in [0.15, 0.2) is 40.9 Å². The molecule has 21 heavy (non-hydrogen) atoms. The van der Waals surface area contributed by atoms with Crippen LogP contribution in [0.3, 0.4) is 0 Å². The van der Waals surface area contributed by atoms with Gasteiger partial charge in [0.1, 0.15) is 0 Å². The van der Waals surface area contributed by atoms with Crippen LogP contribution in [0.25, 0.3) is 0 Å². The van der Waals surface area contributed by atoms with Gasteiger partial charge in [-0.2, -0.15) is 0 Å². The maximum Gasteiger partial charge on any atom is 0.251 e. The third kappa shape index (κ3) is 3.72. The Labute approximate surface area is 130 Å². The van der Waals surface area contributed by atoms with Crippen LogP contribution in [0.4, 0.5) is 10.1 Å². The normalized spacial score (nSPS) is 10.2. The highest BCUT2D eigenvalue weighted by Crippen LogP contribution is 2.31. The van der Waals surface area contributed by atoms with Gasteiger partial charge in [-0.1, -0.05) is 15.9 Å². The highest BCUT2D eigenvalue weighted by molar-refractivity contribution is 9.10. The summed E-state index contributed by atoms with van der Waals surface area (Å²) in [4.78, 5) is 11.8. The minimum absolute atomic E-state index is 0.0398. The van der Waals surface area contributed by atoms with Gasteiger partial charge in [-0.3, -0.25) is 4.79 Å². The molecular formula is C15H14BrFN2O2. The number of rotatable bonds is 4. The van der Waals surface area contributed by atoms with Gasteiger partial charge >= 0.3 is 0 Å². The fourth-order valence-electron chi connectivity index (χ4n) is 1.70. The molecule has 0 aliphatic heterocycles. The number of amides is 1. The fourth-order valence-corrected chi connectivity index (χ4v) is 2.04. The van der Waals surface area contributed by atoms with Gasteiger partial charge in [-0.05, 0) is 43.3 Å². The molecule has 0 saturated carbocycles. The van der Waals surface area contributed by atoms with E-state index in [0.29, 0.717) is 22.3 Å². The average molecular weight is 353 g/mol. The number of nitrogen functional groups attached to an aromatic ring is 1. The van der Waals surface area contributed by atoms with Crippen molar-refractivity contribution in [2.24, 2.45) is 0 Å². The van der Waals surface area contributed by atoms with Crippen molar-refractivity contribution in [3.8, 4) is 11.5 Å². The molecule has 6 heteroatoms. The van der Waals surface area contributed by atoms with E-state index in [0.717, 1.165) is 0 Å². The summed E-state index contributed by atoms with van der Waals surface area (Å²) in [6.07, 6.45) is 0. The maximum absolute atomic E-state index is 13.8. The molecule has 3 N–H and O–H groups in total. The van der Waals surface area contributed by atoms with Crippen molar-refractivity contribution in [1.82, 2.24) is 5.32 Å². The number of nitrogens with one attached hydrogen (secondary N) is 1. The van der Waals surface area contributed by atoms with Crippen molar-refractivity contribution < 1.29 is 13.9 Å². The van der Waals surface area contributed by atoms with Crippen molar-refractivity contribution in [2.75, 3.05) is 12.3 Å². The number of benzene rings is 2. The summed E-state index contributed by atoms with van der Waals surface area (Å²) in [7, 11) is 0. The van der Waals surface area contributed by atoms with Crippen LogP contribution in [-0.2, 0) is 0 Å². The van der Waals surface area contributed by atoms with Crippen molar-refractivity contribution >= 4 is 27.5 Å². The molecule has 4 nitrogen and oxygen atoms in total. The van der Waals surface area contributed by atoms with E-state index in [1.54, 1.807) is 18.2 Å². The van der Waals surface area contributed by atoms with E-state index >= 15 is 0 Å². The fraction of sp³-hybridized carbons (Fsp3) is 0.133. The van der Waals surface area contributed by atoms with Gasteiger partial charge < -0.3 is 15.8 Å². The Morgan fingerprint density at radius 2 is 2.05 bits per heavy atom. The van der Waals surface area contributed by atoms with Gasteiger partial charge in [0, 0.05) is 16.6 Å². The summed E-state index contributed by atoms with van der Waals surface area (Å²) in [6.45, 7) is 2.34. The van der Waals surface area contributed by atoms with Gasteiger partial charge in [-0.15, -0.1) is 0 Å². The predicted octanol–water partition coefficient (Wildman–Crippen LogP) is 3.71. The number of carbonyl (C=O) groups is 1. The van der Waals surface area contributed by atoms with Crippen LogP contribution in [0.5, 0.6) is 11.5 Å². The van der Waals surface area contributed by atoms with Crippen LogP contribution in [0.2, 0.25) is 0 Å². The Hall–Kier alpha value is -2.08. The van der Waals surface area contributed by atoms with E-state index in [9.17, 15) is 9.18 Å². The Morgan fingerprint density at radius 1 is 1.29 bits per heavy atom. The molecule has 0 radical (unpaired) electrons. The molecule has 0 spiro atoms. The molecule has 2 rings (SSSR count). The first kappa shape index (κ1) is 15.3. The first-order valence-corrected chi connectivity index (χ1v) is 7.11. The molecule has 0 aliphatic carbocycles. The third-order valence-corrected chi connectivity index (χ3v) is 3.22. The lowest BCUT2D eigenvalue weighted by Gasteiger charge is -2.11. The van der Waals surface area contributed by atoms with E-state index in [-0.39, 0.29) is 17.4 Å². The standard InChI is InChI=1S/C15H14BrFN2O2/c1-2-19-15(20)9-3-5-12(18)14(7-9)21-13-6-4-10(16)8-11(13)17/h3-8H,2,18H2,1H3,(H,19,20). The number of anilines is 1. The Kier molecular flexibility index (Phi) is 4.80. The first-order chi connectivity index (χ1) is 10.0. The summed E-state index contributed by atoms with van der Waals surface area (Å²) in [5.41, 5.74) is 6.53. The number of ether oxygens (including phenoxy) is 1. The Balaban J connectivity index is 2.30. The molecule has 0 bridgehead atoms. The zero-order valence-corrected chi connectivity index (χ0v) is 12.9. The molecule has 0 heterocycles. The second-order valence-corrected chi connectivity index (χ2v) is 5.20. The summed E-state index contributed by atoms with van der Waals surface area (Å²) in [6, 6.07) is 9.06. The molecule has 0 saturated heterocycles. The van der Waals surface area contributed by atoms with Crippen molar-refractivity contribution in [3.05, 3.63) is 52.3 Å². The monoisotopic (exact) mass is 352 g/mol. The van der Waals surface area contributed by atoms with Crippen LogP contribution in [0, 0.1) is 5.82 Å². The molecule has 1 amide bonds. The zero-order valence-electron chi connectivity index (χ0n) is 11.3. The van der Waals surface area contributed by atoms with Crippen LogP contribution < -0.4 is 15.8 Å². The molecule has 0 aromatic heterocycles. The summed E-state index contributed by atoms with van der Waals surface area (Å²) in [5.74, 6) is -0.483. The smallest absolute Gasteiger partial charge is 0.251 e. The van der Waals surface area contributed by atoms with Gasteiger partial charge in [-0.25, -0.2) is 4.39 Å². The van der Waals surface area contributed by atoms with E-state index < -0.39 is 5.82 Å². The number of halogens is 2. The van der Waals surface area contributed by atoms with E-state index in [1.165, 1.54) is 18.2 Å². The average Bonchev–Trinajstić information content (AvgIpc) is 2.44. The van der Waals surface area contributed by atoms with Gasteiger partial charge in [0.25, 0.3) is 5.91 Å². The van der Waals surface area contributed by atoms with Crippen molar-refractivity contribution in [1.29, 1.82) is 0 Å². The highest BCUT2D eigenvalue weighted by atomic mass is 79.9. The topological polar surface area (TPSA) is 64.4 Å². The maximum atomic E-state index is 13.8. The molecule has 0 aliphatic rings. The van der Waals surface area contributed by atoms with Crippen LogP contribution in [-0.4, -0.2) is 12.5 Å². The largest absolute Gasteiger partial charge is 0.452 e. The van der Waals surface area contributed by atoms with Gasteiger partial charge in [0.2, 0.25) is 0 Å². The van der Waals surface area contributed by atoms with Crippen LogP contribution >= 0.6 is 15.9 Å². The number of carbonyl (C=O) groups excluding carboxylic acids is 1. The quantitative estimate of drug-likeness (QED) is 0.824. The predicted molar refractivity (Wildman–Crippen MR) is 83.0 cm³/mol. The lowest BCUT2D eigenvalue weighted by molar-refractivity contribution is 0.0955. The summed E-state index contributed by atoms with van der Waals surface area (Å²) < 4.78 is 19.8. The number of hydrogen-bond donors (Lipinski definition) is 2. The molecule has 2 aromatic rings. The lowest BCUT2D eigenvalue weighted by atomic mass is 10.1. The first-order valence-electron chi connectivity index (χ1n) is 6.32. The molecular weight excluding hydrogens is 339 g/mol. The van der Waals surface area contributed by atoms with Gasteiger partial charge in [0.15, 0.2) is 17.3 Å². The van der Waals surface area contributed by atoms with E-state index in [1.807, 2.05) is 6.92 Å². The van der Waals surface area contributed by atoms with E-state index in [2.05, 4.69) is 21.2 Å². The Morgan fingerprint density at radius 3 is 2.71 bits per heavy atom. The third-order valence-electron chi connectivity index (χ3n) is 2.73. The number of nitrogens with two attached hydrogens (primary N) is 1. The number of hydrogen-bond acceptors (Lipinski definition) is 3. The second-order valence-electron chi connectivity index (χ2n) is 4.29. The molecule has 0 fully saturated rings. The Bertz CT molecular complexity index is 677. The summed E-state index contributed by atoms with van der Waals surface area (Å²) >= 11 is 3.17. The van der Waals surface area contributed by atoms with Crippen LogP contribution in [0.1, 0.15) is 17.3 Å². The molecule has 2 aromatic carbocycles. The lowest BCUT2D eigenvalue weighted by Crippen LogP contribution is -2.22. The molecule has 110 valence electrons. The summed E-state index contributed by atoms with van der Waals surface area (Å²) in [5, 5.41) is 2.68. The second kappa shape index (κ2) is 6.58. The minimum atomic E-state index is -0.521. The molecule has 0 unspecified atom stereocenters. The minimum Gasteiger partial charge on any atom is -0.452 e. The highest BCUT2D eigenvalue weighted by Gasteiger charge is 2.11. The SMILES string of the molecule is CCNC(=O)c1ccc(N)c(Oc2ccc(Br)cc2F)c1. The zero-order chi connectivity index (χ0) is 15.4.